The molecule has 1 saturated heterocycles. The molecule has 0 radical (unpaired) electrons. The summed E-state index contributed by atoms with van der Waals surface area (Å²) in [6, 6.07) is 12.5. The molecule has 140 valence electrons. The summed E-state index contributed by atoms with van der Waals surface area (Å²) in [5, 5.41) is 8.22. The zero-order chi connectivity index (χ0) is 18.8. The lowest BCUT2D eigenvalue weighted by atomic mass is 10.1. The summed E-state index contributed by atoms with van der Waals surface area (Å²) in [7, 11) is 0. The van der Waals surface area contributed by atoms with Crippen molar-refractivity contribution in [1.29, 1.82) is 0 Å². The van der Waals surface area contributed by atoms with Crippen LogP contribution in [0.3, 0.4) is 0 Å². The van der Waals surface area contributed by atoms with Gasteiger partial charge in [0.25, 0.3) is 0 Å². The van der Waals surface area contributed by atoms with Crippen LogP contribution < -0.4 is 15.5 Å². The van der Waals surface area contributed by atoms with Crippen molar-refractivity contribution in [2.24, 2.45) is 0 Å². The molecule has 3 aromatic rings. The molecule has 0 atom stereocenters. The van der Waals surface area contributed by atoms with Gasteiger partial charge in [0.2, 0.25) is 0 Å². The first kappa shape index (κ1) is 18.2. The molecule has 2 aromatic carbocycles. The Morgan fingerprint density at radius 2 is 1.93 bits per heavy atom. The van der Waals surface area contributed by atoms with E-state index in [-0.39, 0.29) is 0 Å². The van der Waals surface area contributed by atoms with Gasteiger partial charge in [0, 0.05) is 24.5 Å². The van der Waals surface area contributed by atoms with Crippen molar-refractivity contribution in [2.45, 2.75) is 13.8 Å². The summed E-state index contributed by atoms with van der Waals surface area (Å²) in [5.74, 6) is 0. The molecule has 5 nitrogen and oxygen atoms in total. The van der Waals surface area contributed by atoms with Crippen LogP contribution in [-0.2, 0) is 4.74 Å². The molecule has 0 amide bonds. The van der Waals surface area contributed by atoms with Crippen LogP contribution in [0, 0.1) is 13.8 Å². The van der Waals surface area contributed by atoms with Crippen LogP contribution in [0.5, 0.6) is 0 Å². The van der Waals surface area contributed by atoms with Crippen molar-refractivity contribution < 1.29 is 4.74 Å². The van der Waals surface area contributed by atoms with Crippen molar-refractivity contribution in [3.05, 3.63) is 47.5 Å². The summed E-state index contributed by atoms with van der Waals surface area (Å²) in [6.07, 6.45) is 0. The maximum absolute atomic E-state index is 5.49. The van der Waals surface area contributed by atoms with Gasteiger partial charge in [-0.1, -0.05) is 23.5 Å². The van der Waals surface area contributed by atoms with Crippen LogP contribution in [0.4, 0.5) is 16.5 Å². The van der Waals surface area contributed by atoms with Crippen LogP contribution in [0.2, 0.25) is 0 Å². The third-order valence-corrected chi connectivity index (χ3v) is 5.84. The SMILES string of the molecule is Cc1ccc(C)c(NC(=S)Nc2ccc3nc(N4CCOCC4)sc3c2)c1. The first-order valence-corrected chi connectivity index (χ1v) is 10.2. The fraction of sp³-hybridized carbons (Fsp3) is 0.300. The second-order valence-electron chi connectivity index (χ2n) is 6.68. The molecule has 1 aliphatic heterocycles. The summed E-state index contributed by atoms with van der Waals surface area (Å²) in [6.45, 7) is 7.47. The number of hydrogen-bond acceptors (Lipinski definition) is 5. The summed E-state index contributed by atoms with van der Waals surface area (Å²) in [5.41, 5.74) is 5.37. The van der Waals surface area contributed by atoms with Crippen molar-refractivity contribution in [2.75, 3.05) is 41.8 Å². The molecular weight excluding hydrogens is 376 g/mol. The van der Waals surface area contributed by atoms with Crippen LogP contribution in [0.25, 0.3) is 10.2 Å². The Morgan fingerprint density at radius 1 is 1.11 bits per heavy atom. The second kappa shape index (κ2) is 7.80. The van der Waals surface area contributed by atoms with Crippen LogP contribution in [-0.4, -0.2) is 36.4 Å². The van der Waals surface area contributed by atoms with E-state index in [1.165, 1.54) is 5.56 Å². The normalized spacial score (nSPS) is 14.4. The number of morpholine rings is 1. The third kappa shape index (κ3) is 4.21. The molecular formula is C20H22N4OS2. The Kier molecular flexibility index (Phi) is 5.24. The van der Waals surface area contributed by atoms with Gasteiger partial charge in [0.15, 0.2) is 10.2 Å². The highest BCUT2D eigenvalue weighted by Crippen LogP contribution is 2.31. The largest absolute Gasteiger partial charge is 0.378 e. The molecule has 2 N–H and O–H groups in total. The van der Waals surface area contributed by atoms with E-state index >= 15 is 0 Å². The Labute approximate surface area is 168 Å². The standard InChI is InChI=1S/C20H22N4OS2/c1-13-3-4-14(2)17(11-13)22-19(26)21-15-5-6-16-18(12-15)27-20(23-16)24-7-9-25-10-8-24/h3-6,11-12H,7-10H2,1-2H3,(H2,21,22,26). The molecule has 27 heavy (non-hydrogen) atoms. The number of aromatic nitrogens is 1. The molecule has 2 heterocycles. The Bertz CT molecular complexity index is 979. The number of anilines is 3. The first-order valence-electron chi connectivity index (χ1n) is 8.97. The Hall–Kier alpha value is -2.22. The number of nitrogens with one attached hydrogen (secondary N) is 2. The molecule has 1 fully saturated rings. The van der Waals surface area contributed by atoms with Crippen molar-refractivity contribution in [3.63, 3.8) is 0 Å². The van der Waals surface area contributed by atoms with Gasteiger partial charge in [0.1, 0.15) is 0 Å². The molecule has 1 aromatic heterocycles. The van der Waals surface area contributed by atoms with E-state index in [0.29, 0.717) is 5.11 Å². The lowest BCUT2D eigenvalue weighted by molar-refractivity contribution is 0.122. The van der Waals surface area contributed by atoms with Crippen LogP contribution >= 0.6 is 23.6 Å². The quantitative estimate of drug-likeness (QED) is 0.631. The minimum absolute atomic E-state index is 0.584. The number of ether oxygens (including phenoxy) is 1. The topological polar surface area (TPSA) is 49.4 Å². The van der Waals surface area contributed by atoms with E-state index in [4.69, 9.17) is 21.9 Å². The van der Waals surface area contributed by atoms with E-state index in [9.17, 15) is 0 Å². The highest BCUT2D eigenvalue weighted by Gasteiger charge is 2.15. The van der Waals surface area contributed by atoms with Crippen LogP contribution in [0.15, 0.2) is 36.4 Å². The number of fused-ring (bicyclic) bond motifs is 1. The summed E-state index contributed by atoms with van der Waals surface area (Å²) < 4.78 is 6.58. The monoisotopic (exact) mass is 398 g/mol. The number of nitrogens with zero attached hydrogens (tertiary/aromatic N) is 2. The molecule has 4 rings (SSSR count). The fourth-order valence-corrected chi connectivity index (χ4v) is 4.32. The molecule has 7 heteroatoms. The predicted molar refractivity (Wildman–Crippen MR) is 118 cm³/mol. The molecule has 0 aliphatic carbocycles. The molecule has 0 bridgehead atoms. The average Bonchev–Trinajstić information content (AvgIpc) is 3.09. The summed E-state index contributed by atoms with van der Waals surface area (Å²) in [4.78, 5) is 7.04. The number of benzene rings is 2. The zero-order valence-corrected chi connectivity index (χ0v) is 17.0. The van der Waals surface area contributed by atoms with Gasteiger partial charge >= 0.3 is 0 Å². The minimum Gasteiger partial charge on any atom is -0.378 e. The molecule has 0 unspecified atom stereocenters. The maximum atomic E-state index is 5.49. The predicted octanol–water partition coefficient (Wildman–Crippen LogP) is 4.56. The lowest BCUT2D eigenvalue weighted by Crippen LogP contribution is -2.36. The second-order valence-corrected chi connectivity index (χ2v) is 8.09. The van der Waals surface area contributed by atoms with E-state index < -0.39 is 0 Å². The van der Waals surface area contributed by atoms with Gasteiger partial charge in [-0.15, -0.1) is 0 Å². The fourth-order valence-electron chi connectivity index (χ4n) is 3.04. The average molecular weight is 399 g/mol. The lowest BCUT2D eigenvalue weighted by Gasteiger charge is -2.25. The first-order chi connectivity index (χ1) is 13.1. The number of thiazole rings is 1. The third-order valence-electron chi connectivity index (χ3n) is 4.56. The van der Waals surface area contributed by atoms with Crippen molar-refractivity contribution in [1.82, 2.24) is 4.98 Å². The number of hydrogen-bond donors (Lipinski definition) is 2. The van der Waals surface area contributed by atoms with Crippen molar-refractivity contribution in [3.8, 4) is 0 Å². The molecule has 1 aliphatic rings. The highest BCUT2D eigenvalue weighted by atomic mass is 32.1. The number of thiocarbonyl (C=S) groups is 1. The number of rotatable bonds is 3. The zero-order valence-electron chi connectivity index (χ0n) is 15.4. The van der Waals surface area contributed by atoms with E-state index in [1.807, 2.05) is 12.1 Å². The van der Waals surface area contributed by atoms with Crippen molar-refractivity contribution >= 4 is 55.4 Å². The minimum atomic E-state index is 0.584. The van der Waals surface area contributed by atoms with E-state index in [1.54, 1.807) is 11.3 Å². The number of aryl methyl sites for hydroxylation is 2. The Balaban J connectivity index is 1.48. The molecule has 0 saturated carbocycles. The van der Waals surface area contributed by atoms with Gasteiger partial charge < -0.3 is 20.3 Å². The van der Waals surface area contributed by atoms with E-state index in [0.717, 1.165) is 58.6 Å². The maximum Gasteiger partial charge on any atom is 0.186 e. The van der Waals surface area contributed by atoms with Gasteiger partial charge in [-0.25, -0.2) is 4.98 Å². The van der Waals surface area contributed by atoms with Gasteiger partial charge in [-0.05, 0) is 61.5 Å². The van der Waals surface area contributed by atoms with E-state index in [2.05, 4.69) is 53.6 Å². The Morgan fingerprint density at radius 3 is 2.74 bits per heavy atom. The van der Waals surface area contributed by atoms with Gasteiger partial charge in [-0.2, -0.15) is 0 Å². The van der Waals surface area contributed by atoms with Gasteiger partial charge in [0.05, 0.1) is 23.4 Å². The van der Waals surface area contributed by atoms with Crippen LogP contribution in [0.1, 0.15) is 11.1 Å². The van der Waals surface area contributed by atoms with Gasteiger partial charge in [-0.3, -0.25) is 0 Å². The highest BCUT2D eigenvalue weighted by molar-refractivity contribution is 7.80. The smallest absolute Gasteiger partial charge is 0.186 e. The summed E-state index contributed by atoms with van der Waals surface area (Å²) >= 11 is 7.20. The molecule has 0 spiro atoms.